The van der Waals surface area contributed by atoms with Gasteiger partial charge in [-0.3, -0.25) is 0 Å². The second-order valence-electron chi connectivity index (χ2n) is 4.70. The summed E-state index contributed by atoms with van der Waals surface area (Å²) in [5.74, 6) is 1.92. The first-order valence-electron chi connectivity index (χ1n) is 6.98. The van der Waals surface area contributed by atoms with Crippen molar-refractivity contribution in [2.24, 2.45) is 0 Å². The first-order valence-corrected chi connectivity index (χ1v) is 7.96. The molecule has 0 aliphatic heterocycles. The van der Waals surface area contributed by atoms with Crippen molar-refractivity contribution in [3.8, 4) is 5.75 Å². The molecule has 0 amide bonds. The number of unbranched alkanes of at least 4 members (excludes halogenated alkanes) is 1. The highest BCUT2D eigenvalue weighted by atomic mass is 32.2. The van der Waals surface area contributed by atoms with Crippen LogP contribution in [0.3, 0.4) is 0 Å². The van der Waals surface area contributed by atoms with E-state index in [2.05, 4.69) is 43.3 Å². The van der Waals surface area contributed by atoms with Crippen molar-refractivity contribution in [1.82, 2.24) is 0 Å². The lowest BCUT2D eigenvalue weighted by atomic mass is 10.2. The molecule has 0 heterocycles. The fourth-order valence-corrected chi connectivity index (χ4v) is 2.60. The van der Waals surface area contributed by atoms with Gasteiger partial charge < -0.3 is 10.5 Å². The number of nitrogens with two attached hydrogens (primary N) is 1. The van der Waals surface area contributed by atoms with Gasteiger partial charge in [0.1, 0.15) is 5.75 Å². The molecule has 2 rings (SSSR count). The number of benzene rings is 2. The normalized spacial score (nSPS) is 10.4. The van der Waals surface area contributed by atoms with Crippen molar-refractivity contribution in [3.63, 3.8) is 0 Å². The number of ether oxygens (including phenoxy) is 1. The summed E-state index contributed by atoms with van der Waals surface area (Å²) in [7, 11) is 0. The molecule has 3 heteroatoms. The molecular formula is C17H21NOS. The third-order valence-corrected chi connectivity index (χ3v) is 4.06. The molecule has 0 saturated carbocycles. The summed E-state index contributed by atoms with van der Waals surface area (Å²) in [6, 6.07) is 16.4. The number of rotatable bonds is 7. The average molecular weight is 287 g/mol. The summed E-state index contributed by atoms with van der Waals surface area (Å²) >= 11 is 1.81. The molecule has 0 aliphatic carbocycles. The van der Waals surface area contributed by atoms with Gasteiger partial charge in [-0.15, -0.1) is 11.8 Å². The lowest BCUT2D eigenvalue weighted by molar-refractivity contribution is 0.309. The minimum atomic E-state index is 0.802. The van der Waals surface area contributed by atoms with E-state index in [0.717, 1.165) is 36.6 Å². The highest BCUT2D eigenvalue weighted by molar-refractivity contribution is 7.98. The zero-order valence-electron chi connectivity index (χ0n) is 11.8. The molecular weight excluding hydrogens is 266 g/mol. The molecule has 2 nitrogen and oxygen atoms in total. The van der Waals surface area contributed by atoms with E-state index in [9.17, 15) is 0 Å². The molecule has 0 fully saturated rings. The SMILES string of the molecule is CCCCOc1ccc(CSc2ccc(N)cc2)cc1. The Hall–Kier alpha value is -1.61. The Morgan fingerprint density at radius 2 is 1.70 bits per heavy atom. The monoisotopic (exact) mass is 287 g/mol. The van der Waals surface area contributed by atoms with E-state index in [1.807, 2.05) is 23.9 Å². The van der Waals surface area contributed by atoms with Crippen LogP contribution in [0.1, 0.15) is 25.3 Å². The third-order valence-electron chi connectivity index (χ3n) is 2.98. The Labute approximate surface area is 125 Å². The Kier molecular flexibility index (Phi) is 5.81. The van der Waals surface area contributed by atoms with Crippen molar-refractivity contribution < 1.29 is 4.74 Å². The van der Waals surface area contributed by atoms with Crippen molar-refractivity contribution >= 4 is 17.4 Å². The van der Waals surface area contributed by atoms with Crippen LogP contribution in [-0.2, 0) is 5.75 Å². The van der Waals surface area contributed by atoms with Gasteiger partial charge in [0.2, 0.25) is 0 Å². The van der Waals surface area contributed by atoms with Crippen molar-refractivity contribution in [1.29, 1.82) is 0 Å². The van der Waals surface area contributed by atoms with Gasteiger partial charge in [-0.05, 0) is 48.4 Å². The fraction of sp³-hybridized carbons (Fsp3) is 0.294. The third kappa shape index (κ3) is 4.82. The summed E-state index contributed by atoms with van der Waals surface area (Å²) in [6.45, 7) is 2.97. The standard InChI is InChI=1S/C17H21NOS/c1-2-3-12-19-16-8-4-14(5-9-16)13-20-17-10-6-15(18)7-11-17/h4-11H,2-3,12-13,18H2,1H3. The van der Waals surface area contributed by atoms with Crippen LogP contribution in [0, 0.1) is 0 Å². The minimum Gasteiger partial charge on any atom is -0.494 e. The van der Waals surface area contributed by atoms with Crippen LogP contribution in [0.4, 0.5) is 5.69 Å². The van der Waals surface area contributed by atoms with E-state index in [1.54, 1.807) is 0 Å². The van der Waals surface area contributed by atoms with Crippen LogP contribution in [0.2, 0.25) is 0 Å². The van der Waals surface area contributed by atoms with Gasteiger partial charge in [-0.1, -0.05) is 25.5 Å². The predicted molar refractivity (Wildman–Crippen MR) is 87.3 cm³/mol. The van der Waals surface area contributed by atoms with Crippen molar-refractivity contribution in [3.05, 3.63) is 54.1 Å². The van der Waals surface area contributed by atoms with E-state index >= 15 is 0 Å². The van der Waals surface area contributed by atoms with E-state index in [-0.39, 0.29) is 0 Å². The van der Waals surface area contributed by atoms with Crippen LogP contribution < -0.4 is 10.5 Å². The summed E-state index contributed by atoms with van der Waals surface area (Å²) in [6.07, 6.45) is 2.27. The molecule has 0 unspecified atom stereocenters. The number of anilines is 1. The van der Waals surface area contributed by atoms with Crippen molar-refractivity contribution in [2.75, 3.05) is 12.3 Å². The second kappa shape index (κ2) is 7.85. The molecule has 20 heavy (non-hydrogen) atoms. The molecule has 0 bridgehead atoms. The summed E-state index contributed by atoms with van der Waals surface area (Å²) in [5.41, 5.74) is 7.79. The molecule has 0 radical (unpaired) electrons. The number of nitrogen functional groups attached to an aromatic ring is 1. The molecule has 0 spiro atoms. The lowest BCUT2D eigenvalue weighted by Crippen LogP contribution is -1.96. The maximum absolute atomic E-state index is 5.68. The Morgan fingerprint density at radius 1 is 1.00 bits per heavy atom. The largest absolute Gasteiger partial charge is 0.494 e. The Balaban J connectivity index is 1.82. The van der Waals surface area contributed by atoms with Gasteiger partial charge in [0.25, 0.3) is 0 Å². The van der Waals surface area contributed by atoms with Crippen LogP contribution in [0.15, 0.2) is 53.4 Å². The molecule has 0 aromatic heterocycles. The highest BCUT2D eigenvalue weighted by Crippen LogP contribution is 2.24. The van der Waals surface area contributed by atoms with Crippen LogP contribution >= 0.6 is 11.8 Å². The van der Waals surface area contributed by atoms with Gasteiger partial charge >= 0.3 is 0 Å². The fourth-order valence-electron chi connectivity index (χ4n) is 1.75. The van der Waals surface area contributed by atoms with Gasteiger partial charge in [-0.2, -0.15) is 0 Å². The van der Waals surface area contributed by atoms with Gasteiger partial charge in [-0.25, -0.2) is 0 Å². The Morgan fingerprint density at radius 3 is 2.35 bits per heavy atom. The van der Waals surface area contributed by atoms with Crippen molar-refractivity contribution in [2.45, 2.75) is 30.4 Å². The van der Waals surface area contributed by atoms with Crippen LogP contribution in [0.5, 0.6) is 5.75 Å². The molecule has 0 saturated heterocycles. The minimum absolute atomic E-state index is 0.802. The molecule has 106 valence electrons. The first-order chi connectivity index (χ1) is 9.78. The molecule has 0 aliphatic rings. The van der Waals surface area contributed by atoms with Gasteiger partial charge in [0.05, 0.1) is 6.61 Å². The number of hydrogen-bond donors (Lipinski definition) is 1. The molecule has 2 aromatic rings. The highest BCUT2D eigenvalue weighted by Gasteiger charge is 1.98. The van der Waals surface area contributed by atoms with Gasteiger partial charge in [0.15, 0.2) is 0 Å². The zero-order chi connectivity index (χ0) is 14.2. The average Bonchev–Trinajstić information content (AvgIpc) is 2.48. The van der Waals surface area contributed by atoms with Crippen LogP contribution in [0.25, 0.3) is 0 Å². The maximum Gasteiger partial charge on any atom is 0.119 e. The van der Waals surface area contributed by atoms with E-state index in [1.165, 1.54) is 10.5 Å². The van der Waals surface area contributed by atoms with E-state index in [4.69, 9.17) is 10.5 Å². The topological polar surface area (TPSA) is 35.2 Å². The predicted octanol–water partition coefficient (Wildman–Crippen LogP) is 4.74. The van der Waals surface area contributed by atoms with Crippen LogP contribution in [-0.4, -0.2) is 6.61 Å². The zero-order valence-corrected chi connectivity index (χ0v) is 12.7. The summed E-state index contributed by atoms with van der Waals surface area (Å²) in [4.78, 5) is 1.24. The summed E-state index contributed by atoms with van der Waals surface area (Å²) in [5, 5.41) is 0. The number of hydrogen-bond acceptors (Lipinski definition) is 3. The smallest absolute Gasteiger partial charge is 0.119 e. The van der Waals surface area contributed by atoms with Gasteiger partial charge in [0, 0.05) is 16.3 Å². The maximum atomic E-state index is 5.68. The van der Waals surface area contributed by atoms with E-state index < -0.39 is 0 Å². The Bertz CT molecular complexity index is 508. The number of thioether (sulfide) groups is 1. The first kappa shape index (κ1) is 14.8. The molecule has 2 aromatic carbocycles. The summed E-state index contributed by atoms with van der Waals surface area (Å²) < 4.78 is 5.66. The molecule has 0 atom stereocenters. The van der Waals surface area contributed by atoms with E-state index in [0.29, 0.717) is 0 Å². The lowest BCUT2D eigenvalue weighted by Gasteiger charge is -2.07. The second-order valence-corrected chi connectivity index (χ2v) is 5.75. The molecule has 2 N–H and O–H groups in total. The quantitative estimate of drug-likeness (QED) is 0.454.